The number of ether oxygens (including phenoxy) is 1. The van der Waals surface area contributed by atoms with Crippen LogP contribution in [-0.2, 0) is 4.74 Å². The maximum absolute atomic E-state index is 13.4. The largest absolute Gasteiger partial charge is 0.444 e. The summed E-state index contributed by atoms with van der Waals surface area (Å²) in [6, 6.07) is -1.26. The first-order valence-electron chi connectivity index (χ1n) is 5.66. The third kappa shape index (κ3) is 3.52. The van der Waals surface area contributed by atoms with E-state index in [1.807, 2.05) is 0 Å². The Kier molecular flexibility index (Phi) is 3.96. The second kappa shape index (κ2) is 4.76. The van der Waals surface area contributed by atoms with Crippen molar-refractivity contribution in [3.63, 3.8) is 0 Å². The molecule has 4 nitrogen and oxygen atoms in total. The molecule has 0 aliphatic carbocycles. The lowest BCUT2D eigenvalue weighted by molar-refractivity contribution is -0.104. The van der Waals surface area contributed by atoms with E-state index in [9.17, 15) is 13.6 Å². The van der Waals surface area contributed by atoms with E-state index in [2.05, 4.69) is 0 Å². The van der Waals surface area contributed by atoms with Crippen molar-refractivity contribution in [3.05, 3.63) is 0 Å². The molecule has 0 unspecified atom stereocenters. The zero-order chi connectivity index (χ0) is 13.3. The summed E-state index contributed by atoms with van der Waals surface area (Å²) in [5.41, 5.74) is -0.710. The molecule has 1 N–H and O–H groups in total. The highest BCUT2D eigenvalue weighted by atomic mass is 19.3. The lowest BCUT2D eigenvalue weighted by atomic mass is 10.1. The Labute approximate surface area is 99.5 Å². The summed E-state index contributed by atoms with van der Waals surface area (Å²) in [7, 11) is 0. The maximum Gasteiger partial charge on any atom is 0.410 e. The van der Waals surface area contributed by atoms with Crippen LogP contribution in [0, 0.1) is 0 Å². The predicted octanol–water partition coefficient (Wildman–Crippen LogP) is 2.01. The molecule has 0 bridgehead atoms. The fourth-order valence-electron chi connectivity index (χ4n) is 1.85. The van der Waals surface area contributed by atoms with Crippen molar-refractivity contribution in [1.29, 1.82) is 0 Å². The number of halogens is 2. The third-order valence-electron chi connectivity index (χ3n) is 2.58. The number of rotatable bonds is 2. The van der Waals surface area contributed by atoms with Gasteiger partial charge in [-0.3, -0.25) is 4.90 Å². The van der Waals surface area contributed by atoms with Crippen molar-refractivity contribution in [2.45, 2.75) is 51.2 Å². The van der Waals surface area contributed by atoms with Crippen LogP contribution >= 0.6 is 0 Å². The number of amides is 1. The third-order valence-corrected chi connectivity index (χ3v) is 2.58. The molecule has 1 saturated heterocycles. The van der Waals surface area contributed by atoms with Crippen LogP contribution in [0.2, 0.25) is 0 Å². The topological polar surface area (TPSA) is 49.8 Å². The molecule has 100 valence electrons. The molecule has 1 atom stereocenters. The summed E-state index contributed by atoms with van der Waals surface area (Å²) in [6.45, 7) is 4.03. The van der Waals surface area contributed by atoms with Crippen molar-refractivity contribution >= 4 is 6.09 Å². The van der Waals surface area contributed by atoms with Crippen molar-refractivity contribution in [2.75, 3.05) is 13.2 Å². The number of aliphatic hydroxyl groups excluding tert-OH is 1. The minimum atomic E-state index is -3.27. The Bertz CT molecular complexity index is 289. The van der Waals surface area contributed by atoms with Gasteiger partial charge >= 0.3 is 6.09 Å². The fourth-order valence-corrected chi connectivity index (χ4v) is 1.85. The van der Waals surface area contributed by atoms with Gasteiger partial charge in [0.2, 0.25) is 0 Å². The van der Waals surface area contributed by atoms with E-state index >= 15 is 0 Å². The Morgan fingerprint density at radius 1 is 1.47 bits per heavy atom. The van der Waals surface area contributed by atoms with Gasteiger partial charge in [0.15, 0.2) is 0 Å². The van der Waals surface area contributed by atoms with Gasteiger partial charge in [-0.05, 0) is 33.6 Å². The van der Waals surface area contributed by atoms with E-state index in [1.54, 1.807) is 20.8 Å². The molecule has 0 aromatic heterocycles. The molecule has 6 heteroatoms. The molecular formula is C11H19F2NO3. The van der Waals surface area contributed by atoms with Crippen molar-refractivity contribution < 1.29 is 23.4 Å². The van der Waals surface area contributed by atoms with Crippen LogP contribution in [-0.4, -0.2) is 46.8 Å². The summed E-state index contributed by atoms with van der Waals surface area (Å²) in [6.07, 6.45) is -0.0557. The Morgan fingerprint density at radius 3 is 2.53 bits per heavy atom. The van der Waals surface area contributed by atoms with Crippen LogP contribution in [0.15, 0.2) is 0 Å². The van der Waals surface area contributed by atoms with Gasteiger partial charge in [-0.2, -0.15) is 0 Å². The molecule has 0 saturated carbocycles. The monoisotopic (exact) mass is 251 g/mol. The first-order chi connectivity index (χ1) is 7.67. The predicted molar refractivity (Wildman–Crippen MR) is 58.0 cm³/mol. The van der Waals surface area contributed by atoms with Crippen molar-refractivity contribution in [3.8, 4) is 0 Å². The zero-order valence-electron chi connectivity index (χ0n) is 10.4. The lowest BCUT2D eigenvalue weighted by Crippen LogP contribution is -2.49. The van der Waals surface area contributed by atoms with Gasteiger partial charge < -0.3 is 9.84 Å². The van der Waals surface area contributed by atoms with Gasteiger partial charge in [-0.15, -0.1) is 0 Å². The highest BCUT2D eigenvalue weighted by molar-refractivity contribution is 5.69. The molecule has 1 heterocycles. The second-order valence-corrected chi connectivity index (χ2v) is 5.25. The fraction of sp³-hybridized carbons (Fsp3) is 0.909. The Balaban J connectivity index is 2.73. The van der Waals surface area contributed by atoms with E-state index in [0.717, 1.165) is 4.90 Å². The Morgan fingerprint density at radius 2 is 2.06 bits per heavy atom. The van der Waals surface area contributed by atoms with Gasteiger partial charge in [0.1, 0.15) is 18.2 Å². The van der Waals surface area contributed by atoms with Crippen LogP contribution in [0.1, 0.15) is 33.6 Å². The smallest absolute Gasteiger partial charge is 0.410 e. The van der Waals surface area contributed by atoms with Gasteiger partial charge in [-0.25, -0.2) is 13.6 Å². The highest BCUT2D eigenvalue weighted by Crippen LogP contribution is 2.32. The molecule has 1 aliphatic rings. The molecule has 0 aromatic carbocycles. The average Bonchev–Trinajstić information content (AvgIpc) is 2.63. The quantitative estimate of drug-likeness (QED) is 0.816. The van der Waals surface area contributed by atoms with E-state index in [1.165, 1.54) is 0 Å². The Hall–Kier alpha value is -0.910. The summed E-state index contributed by atoms with van der Waals surface area (Å²) >= 11 is 0. The first kappa shape index (κ1) is 14.2. The number of alkyl halides is 2. The molecule has 0 radical (unpaired) electrons. The van der Waals surface area contributed by atoms with Crippen LogP contribution in [0.25, 0.3) is 0 Å². The summed E-state index contributed by atoms with van der Waals surface area (Å²) in [4.78, 5) is 12.7. The minimum Gasteiger partial charge on any atom is -0.444 e. The van der Waals surface area contributed by atoms with Gasteiger partial charge in [0.05, 0.1) is 0 Å². The first-order valence-corrected chi connectivity index (χ1v) is 5.66. The molecule has 1 amide bonds. The SMILES string of the molecule is CC(C)(C)OC(=O)N1CCC[C@@H]1C(F)(F)CO. The summed E-state index contributed by atoms with van der Waals surface area (Å²) < 4.78 is 31.9. The standard InChI is InChI=1S/C11H19F2NO3/c1-10(2,3)17-9(16)14-6-4-5-8(14)11(12,13)7-15/h8,15H,4-7H2,1-3H3/t8-/m1/s1. The molecule has 1 aliphatic heterocycles. The van der Waals surface area contributed by atoms with Crippen molar-refractivity contribution in [2.24, 2.45) is 0 Å². The van der Waals surface area contributed by atoms with E-state index < -0.39 is 30.3 Å². The number of likely N-dealkylation sites (tertiary alicyclic amines) is 1. The normalized spacial score (nSPS) is 21.8. The molecular weight excluding hydrogens is 232 g/mol. The van der Waals surface area contributed by atoms with Crippen molar-refractivity contribution in [1.82, 2.24) is 4.90 Å². The molecule has 1 fully saturated rings. The number of carbonyl (C=O) groups excluding carboxylic acids is 1. The maximum atomic E-state index is 13.4. The lowest BCUT2D eigenvalue weighted by Gasteiger charge is -2.32. The van der Waals surface area contributed by atoms with Gasteiger partial charge in [-0.1, -0.05) is 0 Å². The highest BCUT2D eigenvalue weighted by Gasteiger charge is 2.47. The van der Waals surface area contributed by atoms with E-state index in [-0.39, 0.29) is 13.0 Å². The number of hydrogen-bond acceptors (Lipinski definition) is 3. The van der Waals surface area contributed by atoms with E-state index in [4.69, 9.17) is 9.84 Å². The number of hydrogen-bond donors (Lipinski definition) is 1. The molecule has 0 aromatic rings. The minimum absolute atomic E-state index is 0.187. The summed E-state index contributed by atoms with van der Waals surface area (Å²) in [5.74, 6) is -3.27. The molecule has 17 heavy (non-hydrogen) atoms. The van der Waals surface area contributed by atoms with Crippen LogP contribution in [0.3, 0.4) is 0 Å². The van der Waals surface area contributed by atoms with Gasteiger partial charge in [0.25, 0.3) is 5.92 Å². The summed E-state index contributed by atoms with van der Waals surface area (Å²) in [5, 5.41) is 8.66. The molecule has 0 spiro atoms. The van der Waals surface area contributed by atoms with Crippen LogP contribution in [0.5, 0.6) is 0 Å². The van der Waals surface area contributed by atoms with Crippen LogP contribution in [0.4, 0.5) is 13.6 Å². The number of aliphatic hydroxyl groups is 1. The number of nitrogens with zero attached hydrogens (tertiary/aromatic N) is 1. The molecule has 1 rings (SSSR count). The average molecular weight is 251 g/mol. The van der Waals surface area contributed by atoms with E-state index in [0.29, 0.717) is 6.42 Å². The number of carbonyl (C=O) groups is 1. The zero-order valence-corrected chi connectivity index (χ0v) is 10.4. The second-order valence-electron chi connectivity index (χ2n) is 5.25. The van der Waals surface area contributed by atoms with Crippen LogP contribution < -0.4 is 0 Å². The van der Waals surface area contributed by atoms with Gasteiger partial charge in [0, 0.05) is 6.54 Å².